The fourth-order valence-electron chi connectivity index (χ4n) is 2.26. The van der Waals surface area contributed by atoms with Gasteiger partial charge >= 0.3 is 5.69 Å². The minimum atomic E-state index is -0.309. The smallest absolute Gasteiger partial charge is 0.313 e. The van der Waals surface area contributed by atoms with Gasteiger partial charge in [-0.3, -0.25) is 14.8 Å². The second kappa shape index (κ2) is 7.23. The number of hydrogen-bond donors (Lipinski definition) is 1. The molecule has 0 saturated heterocycles. The Kier molecular flexibility index (Phi) is 5.95. The van der Waals surface area contributed by atoms with Crippen molar-refractivity contribution in [1.29, 1.82) is 0 Å². The van der Waals surface area contributed by atoms with E-state index in [9.17, 15) is 10.1 Å². The van der Waals surface area contributed by atoms with E-state index in [1.54, 1.807) is 11.6 Å². The van der Waals surface area contributed by atoms with Crippen molar-refractivity contribution >= 4 is 5.69 Å². The molecule has 0 saturated carbocycles. The third-order valence-electron chi connectivity index (χ3n) is 3.30. The van der Waals surface area contributed by atoms with Crippen LogP contribution in [-0.2, 0) is 13.0 Å². The van der Waals surface area contributed by atoms with Crippen LogP contribution in [0.3, 0.4) is 0 Å². The van der Waals surface area contributed by atoms with E-state index in [1.165, 1.54) is 0 Å². The summed E-state index contributed by atoms with van der Waals surface area (Å²) in [7, 11) is 0. The molecule has 1 aromatic rings. The van der Waals surface area contributed by atoms with Gasteiger partial charge in [-0.2, -0.15) is 5.10 Å². The van der Waals surface area contributed by atoms with Crippen molar-refractivity contribution in [2.24, 2.45) is 0 Å². The Morgan fingerprint density at radius 2 is 2.11 bits per heavy atom. The Hall–Kier alpha value is -1.43. The average Bonchev–Trinajstić information content (AvgIpc) is 2.70. The SMILES string of the molecule is CCCNC(CC)Cc1c([N+](=O)[O-])c(C)nn1CC. The molecular weight excluding hydrogens is 244 g/mol. The first-order valence-electron chi connectivity index (χ1n) is 6.99. The fourth-order valence-corrected chi connectivity index (χ4v) is 2.26. The Bertz CT molecular complexity index is 429. The van der Waals surface area contributed by atoms with E-state index in [0.717, 1.165) is 25.1 Å². The quantitative estimate of drug-likeness (QED) is 0.580. The molecule has 0 aromatic carbocycles. The first-order valence-corrected chi connectivity index (χ1v) is 6.99. The maximum Gasteiger partial charge on any atom is 0.313 e. The summed E-state index contributed by atoms with van der Waals surface area (Å²) in [5.74, 6) is 0. The van der Waals surface area contributed by atoms with Crippen molar-refractivity contribution in [2.75, 3.05) is 6.54 Å². The zero-order chi connectivity index (χ0) is 14.4. The van der Waals surface area contributed by atoms with Gasteiger partial charge in [-0.15, -0.1) is 0 Å². The van der Waals surface area contributed by atoms with Crippen molar-refractivity contribution in [3.8, 4) is 0 Å². The number of nitrogens with one attached hydrogen (secondary N) is 1. The first-order chi connectivity index (χ1) is 9.04. The maximum absolute atomic E-state index is 11.2. The molecule has 1 unspecified atom stereocenters. The van der Waals surface area contributed by atoms with Gasteiger partial charge in [-0.1, -0.05) is 13.8 Å². The summed E-state index contributed by atoms with van der Waals surface area (Å²) in [6, 6.07) is 0.264. The number of aromatic nitrogens is 2. The second-order valence-electron chi connectivity index (χ2n) is 4.72. The molecular formula is C13H24N4O2. The molecule has 1 aromatic heterocycles. The normalized spacial score (nSPS) is 12.6. The standard InChI is InChI=1S/C13H24N4O2/c1-5-8-14-11(6-2)9-12-13(17(18)19)10(4)15-16(12)7-3/h11,14H,5-9H2,1-4H3. The van der Waals surface area contributed by atoms with Gasteiger partial charge < -0.3 is 5.32 Å². The van der Waals surface area contributed by atoms with E-state index in [0.29, 0.717) is 18.7 Å². The molecule has 6 heteroatoms. The van der Waals surface area contributed by atoms with E-state index >= 15 is 0 Å². The van der Waals surface area contributed by atoms with Crippen LogP contribution in [0.4, 0.5) is 5.69 Å². The number of rotatable bonds is 8. The zero-order valence-electron chi connectivity index (χ0n) is 12.3. The van der Waals surface area contributed by atoms with Crippen molar-refractivity contribution in [3.05, 3.63) is 21.5 Å². The number of hydrogen-bond acceptors (Lipinski definition) is 4. The van der Waals surface area contributed by atoms with Crippen molar-refractivity contribution < 1.29 is 4.92 Å². The van der Waals surface area contributed by atoms with Crippen LogP contribution in [0.1, 0.15) is 45.0 Å². The fraction of sp³-hybridized carbons (Fsp3) is 0.769. The number of nitrogens with zero attached hydrogens (tertiary/aromatic N) is 3. The molecule has 0 radical (unpaired) electrons. The molecule has 0 bridgehead atoms. The van der Waals surface area contributed by atoms with Gasteiger partial charge in [-0.25, -0.2) is 0 Å². The molecule has 0 aliphatic heterocycles. The summed E-state index contributed by atoms with van der Waals surface area (Å²) >= 11 is 0. The molecule has 108 valence electrons. The van der Waals surface area contributed by atoms with Crippen LogP contribution in [0, 0.1) is 17.0 Å². The highest BCUT2D eigenvalue weighted by atomic mass is 16.6. The Morgan fingerprint density at radius 3 is 2.58 bits per heavy atom. The third-order valence-corrected chi connectivity index (χ3v) is 3.30. The van der Waals surface area contributed by atoms with Crippen molar-refractivity contribution in [3.63, 3.8) is 0 Å². The molecule has 1 rings (SSSR count). The Balaban J connectivity index is 2.99. The summed E-state index contributed by atoms with van der Waals surface area (Å²) in [5.41, 5.74) is 1.42. The van der Waals surface area contributed by atoms with Crippen LogP contribution in [0.2, 0.25) is 0 Å². The predicted octanol–water partition coefficient (Wildman–Crippen LogP) is 2.44. The van der Waals surface area contributed by atoms with E-state index in [1.807, 2.05) is 6.92 Å². The molecule has 6 nitrogen and oxygen atoms in total. The van der Waals surface area contributed by atoms with Crippen LogP contribution in [-0.4, -0.2) is 27.3 Å². The Labute approximate surface area is 114 Å². The first kappa shape index (κ1) is 15.6. The van der Waals surface area contributed by atoms with Crippen LogP contribution in [0.25, 0.3) is 0 Å². The monoisotopic (exact) mass is 268 g/mol. The lowest BCUT2D eigenvalue weighted by Crippen LogP contribution is -2.32. The second-order valence-corrected chi connectivity index (χ2v) is 4.72. The average molecular weight is 268 g/mol. The lowest BCUT2D eigenvalue weighted by atomic mass is 10.1. The molecule has 1 N–H and O–H groups in total. The van der Waals surface area contributed by atoms with Gasteiger partial charge in [0.1, 0.15) is 11.4 Å². The van der Waals surface area contributed by atoms with E-state index < -0.39 is 0 Å². The van der Waals surface area contributed by atoms with Crippen LogP contribution in [0.15, 0.2) is 0 Å². The van der Waals surface area contributed by atoms with Gasteiger partial charge in [0.25, 0.3) is 0 Å². The molecule has 19 heavy (non-hydrogen) atoms. The molecule has 1 atom stereocenters. The zero-order valence-corrected chi connectivity index (χ0v) is 12.3. The minimum absolute atomic E-state index is 0.179. The van der Waals surface area contributed by atoms with E-state index in [2.05, 4.69) is 24.3 Å². The summed E-state index contributed by atoms with van der Waals surface area (Å²) in [6.07, 6.45) is 2.66. The molecule has 0 fully saturated rings. The molecule has 0 aliphatic carbocycles. The van der Waals surface area contributed by atoms with E-state index in [-0.39, 0.29) is 16.7 Å². The highest BCUT2D eigenvalue weighted by Gasteiger charge is 2.26. The van der Waals surface area contributed by atoms with Crippen molar-refractivity contribution in [2.45, 2.75) is 59.5 Å². The third kappa shape index (κ3) is 3.76. The lowest BCUT2D eigenvalue weighted by molar-refractivity contribution is -0.386. The van der Waals surface area contributed by atoms with Crippen LogP contribution >= 0.6 is 0 Å². The minimum Gasteiger partial charge on any atom is -0.314 e. The summed E-state index contributed by atoms with van der Waals surface area (Å²) in [4.78, 5) is 10.9. The molecule has 1 heterocycles. The molecule has 0 aliphatic rings. The van der Waals surface area contributed by atoms with Gasteiger partial charge in [0.2, 0.25) is 0 Å². The number of aryl methyl sites for hydroxylation is 2. The van der Waals surface area contributed by atoms with Gasteiger partial charge in [0.05, 0.1) is 4.92 Å². The van der Waals surface area contributed by atoms with E-state index in [4.69, 9.17) is 0 Å². The largest absolute Gasteiger partial charge is 0.314 e. The lowest BCUT2D eigenvalue weighted by Gasteiger charge is -2.16. The van der Waals surface area contributed by atoms with Gasteiger partial charge in [0.15, 0.2) is 0 Å². The highest BCUT2D eigenvalue weighted by molar-refractivity contribution is 5.41. The van der Waals surface area contributed by atoms with Crippen LogP contribution in [0.5, 0.6) is 0 Å². The maximum atomic E-state index is 11.2. The van der Waals surface area contributed by atoms with Crippen molar-refractivity contribution in [1.82, 2.24) is 15.1 Å². The topological polar surface area (TPSA) is 73.0 Å². The summed E-state index contributed by atoms with van der Waals surface area (Å²) in [6.45, 7) is 9.47. The van der Waals surface area contributed by atoms with Gasteiger partial charge in [0, 0.05) is 19.0 Å². The molecule has 0 spiro atoms. The predicted molar refractivity (Wildman–Crippen MR) is 75.4 cm³/mol. The molecule has 0 amide bonds. The van der Waals surface area contributed by atoms with Crippen LogP contribution < -0.4 is 5.32 Å². The summed E-state index contributed by atoms with van der Waals surface area (Å²) < 4.78 is 1.75. The Morgan fingerprint density at radius 1 is 1.42 bits per heavy atom. The summed E-state index contributed by atoms with van der Waals surface area (Å²) in [5, 5.41) is 18.9. The highest BCUT2D eigenvalue weighted by Crippen LogP contribution is 2.24. The van der Waals surface area contributed by atoms with Gasteiger partial charge in [-0.05, 0) is 33.2 Å². The number of nitro groups is 1.